The highest BCUT2D eigenvalue weighted by atomic mass is 127. The number of phenolic OH excluding ortho intramolecular Hbond substituents is 1. The van der Waals surface area contributed by atoms with E-state index in [1.807, 2.05) is 0 Å². The number of alkyl halides is 1. The molecule has 1 amide bonds. The Labute approximate surface area is 113 Å². The van der Waals surface area contributed by atoms with Crippen LogP contribution >= 0.6 is 34.2 Å². The van der Waals surface area contributed by atoms with Gasteiger partial charge in [-0.3, -0.25) is 4.79 Å². The molecule has 1 unspecified atom stereocenters. The molecule has 1 aromatic carbocycles. The second kappa shape index (κ2) is 4.79. The van der Waals surface area contributed by atoms with Gasteiger partial charge < -0.3 is 10.0 Å². The van der Waals surface area contributed by atoms with Crippen LogP contribution in [0.3, 0.4) is 0 Å². The van der Waals surface area contributed by atoms with E-state index < -0.39 is 0 Å². The highest BCUT2D eigenvalue weighted by Crippen LogP contribution is 2.24. The quantitative estimate of drug-likeness (QED) is 0.624. The number of carbonyl (C=O) groups is 1. The summed E-state index contributed by atoms with van der Waals surface area (Å²) in [6.45, 7) is 1.23. The second-order valence-electron chi connectivity index (χ2n) is 3.80. The van der Waals surface area contributed by atoms with Crippen molar-refractivity contribution in [3.63, 3.8) is 0 Å². The Morgan fingerprint density at radius 3 is 2.94 bits per heavy atom. The third kappa shape index (κ3) is 2.43. The van der Waals surface area contributed by atoms with E-state index in [0.717, 1.165) is 9.99 Å². The van der Waals surface area contributed by atoms with Crippen LogP contribution in [0.2, 0.25) is 0 Å². The summed E-state index contributed by atoms with van der Waals surface area (Å²) in [5, 5.41) is 9.68. The minimum Gasteiger partial charge on any atom is -0.507 e. The summed E-state index contributed by atoms with van der Waals surface area (Å²) in [7, 11) is 0. The third-order valence-electron chi connectivity index (χ3n) is 2.61. The number of benzene rings is 1. The van der Waals surface area contributed by atoms with Gasteiger partial charge in [0.2, 0.25) is 0 Å². The molecule has 0 aliphatic carbocycles. The molecule has 0 aromatic heterocycles. The molecular weight excluding hydrogens is 340 g/mol. The van der Waals surface area contributed by atoms with Crippen molar-refractivity contribution in [3.05, 3.63) is 27.3 Å². The first-order valence-corrected chi connectivity index (χ1v) is 6.51. The normalized spacial score (nSPS) is 20.1. The van der Waals surface area contributed by atoms with Crippen molar-refractivity contribution in [1.82, 2.24) is 4.90 Å². The lowest BCUT2D eigenvalue weighted by atomic mass is 10.2. The molecule has 3 nitrogen and oxygen atoms in total. The van der Waals surface area contributed by atoms with Gasteiger partial charge in [0.15, 0.2) is 0 Å². The van der Waals surface area contributed by atoms with Gasteiger partial charge in [0.1, 0.15) is 5.75 Å². The zero-order valence-electron chi connectivity index (χ0n) is 8.49. The van der Waals surface area contributed by atoms with E-state index in [4.69, 9.17) is 11.6 Å². The van der Waals surface area contributed by atoms with Gasteiger partial charge in [-0.15, -0.1) is 11.6 Å². The molecule has 1 fully saturated rings. The van der Waals surface area contributed by atoms with E-state index >= 15 is 0 Å². The van der Waals surface area contributed by atoms with Crippen molar-refractivity contribution >= 4 is 40.1 Å². The van der Waals surface area contributed by atoms with Crippen LogP contribution in [0.5, 0.6) is 5.75 Å². The van der Waals surface area contributed by atoms with E-state index in [0.29, 0.717) is 18.7 Å². The lowest BCUT2D eigenvalue weighted by Gasteiger charge is -2.16. The lowest BCUT2D eigenvalue weighted by molar-refractivity contribution is 0.0790. The summed E-state index contributed by atoms with van der Waals surface area (Å²) in [6, 6.07) is 5.00. The number of nitrogens with zero attached hydrogens (tertiary/aromatic N) is 1. The minimum absolute atomic E-state index is 0.0310. The lowest BCUT2D eigenvalue weighted by Crippen LogP contribution is -2.28. The second-order valence-corrected chi connectivity index (χ2v) is 5.66. The predicted octanol–water partition coefficient (Wildman–Crippen LogP) is 2.45. The van der Waals surface area contributed by atoms with Crippen LogP contribution in [0.25, 0.3) is 0 Å². The molecule has 1 saturated heterocycles. The molecule has 0 radical (unpaired) electrons. The predicted molar refractivity (Wildman–Crippen MR) is 71.0 cm³/mol. The van der Waals surface area contributed by atoms with Crippen molar-refractivity contribution in [2.75, 3.05) is 13.1 Å². The Kier molecular flexibility index (Phi) is 3.59. The topological polar surface area (TPSA) is 40.5 Å². The van der Waals surface area contributed by atoms with Crippen LogP contribution in [0.1, 0.15) is 16.8 Å². The average Bonchev–Trinajstić information content (AvgIpc) is 2.67. The molecule has 1 aliphatic rings. The van der Waals surface area contributed by atoms with E-state index in [1.54, 1.807) is 23.1 Å². The summed E-state index contributed by atoms with van der Waals surface area (Å²) < 4.78 is 0.931. The smallest absolute Gasteiger partial charge is 0.257 e. The van der Waals surface area contributed by atoms with Crippen molar-refractivity contribution < 1.29 is 9.90 Å². The first kappa shape index (κ1) is 12.0. The maximum absolute atomic E-state index is 12.1. The maximum Gasteiger partial charge on any atom is 0.257 e. The van der Waals surface area contributed by atoms with Crippen molar-refractivity contribution in [2.24, 2.45) is 0 Å². The third-order valence-corrected chi connectivity index (χ3v) is 3.63. The van der Waals surface area contributed by atoms with E-state index in [9.17, 15) is 9.90 Å². The van der Waals surface area contributed by atoms with Gasteiger partial charge in [-0.2, -0.15) is 0 Å². The van der Waals surface area contributed by atoms with Gasteiger partial charge in [0.25, 0.3) is 5.91 Å². The molecular formula is C11H11ClINO2. The standard InChI is InChI=1S/C11H11ClINO2/c12-7-3-4-14(6-7)11(16)9-5-8(13)1-2-10(9)15/h1-2,5,7,15H,3-4,6H2. The van der Waals surface area contributed by atoms with Crippen molar-refractivity contribution in [3.8, 4) is 5.75 Å². The molecule has 5 heteroatoms. The molecule has 1 heterocycles. The number of carbonyl (C=O) groups excluding carboxylic acids is 1. The van der Waals surface area contributed by atoms with Crippen molar-refractivity contribution in [1.29, 1.82) is 0 Å². The number of amides is 1. The highest BCUT2D eigenvalue weighted by molar-refractivity contribution is 14.1. The largest absolute Gasteiger partial charge is 0.507 e. The van der Waals surface area contributed by atoms with Gasteiger partial charge in [-0.25, -0.2) is 0 Å². The fourth-order valence-corrected chi connectivity index (χ4v) is 2.51. The summed E-state index contributed by atoms with van der Waals surface area (Å²) in [4.78, 5) is 13.8. The molecule has 0 spiro atoms. The Bertz CT molecular complexity index is 424. The van der Waals surface area contributed by atoms with E-state index in [-0.39, 0.29) is 17.0 Å². The Morgan fingerprint density at radius 1 is 1.56 bits per heavy atom. The molecule has 86 valence electrons. The van der Waals surface area contributed by atoms with Crippen LogP contribution in [0.4, 0.5) is 0 Å². The van der Waals surface area contributed by atoms with Gasteiger partial charge >= 0.3 is 0 Å². The van der Waals surface area contributed by atoms with Crippen LogP contribution in [-0.4, -0.2) is 34.4 Å². The Morgan fingerprint density at radius 2 is 2.31 bits per heavy atom. The van der Waals surface area contributed by atoms with E-state index in [2.05, 4.69) is 22.6 Å². The Hall–Kier alpha value is -0.490. The SMILES string of the molecule is O=C(c1cc(I)ccc1O)N1CCC(Cl)C1. The minimum atomic E-state index is -0.140. The zero-order chi connectivity index (χ0) is 11.7. The van der Waals surface area contributed by atoms with Gasteiger partial charge in [-0.1, -0.05) is 0 Å². The Balaban J connectivity index is 2.23. The first-order chi connectivity index (χ1) is 7.58. The van der Waals surface area contributed by atoms with Crippen LogP contribution < -0.4 is 0 Å². The zero-order valence-corrected chi connectivity index (χ0v) is 11.4. The van der Waals surface area contributed by atoms with Crippen LogP contribution in [0.15, 0.2) is 18.2 Å². The number of phenols is 1. The number of aromatic hydroxyl groups is 1. The van der Waals surface area contributed by atoms with Gasteiger partial charge in [0.05, 0.1) is 10.9 Å². The molecule has 1 N–H and O–H groups in total. The fraction of sp³-hybridized carbons (Fsp3) is 0.364. The summed E-state index contributed by atoms with van der Waals surface area (Å²) in [5.41, 5.74) is 0.359. The number of likely N-dealkylation sites (tertiary alicyclic amines) is 1. The number of hydrogen-bond acceptors (Lipinski definition) is 2. The van der Waals surface area contributed by atoms with Gasteiger partial charge in [0, 0.05) is 16.7 Å². The van der Waals surface area contributed by atoms with Crippen LogP contribution in [0, 0.1) is 3.57 Å². The molecule has 0 bridgehead atoms. The molecule has 1 atom stereocenters. The average molecular weight is 352 g/mol. The summed E-state index contributed by atoms with van der Waals surface area (Å²) >= 11 is 8.07. The number of hydrogen-bond donors (Lipinski definition) is 1. The molecule has 1 aliphatic heterocycles. The van der Waals surface area contributed by atoms with E-state index in [1.165, 1.54) is 0 Å². The van der Waals surface area contributed by atoms with Crippen molar-refractivity contribution in [2.45, 2.75) is 11.8 Å². The monoisotopic (exact) mass is 351 g/mol. The molecule has 2 rings (SSSR count). The maximum atomic E-state index is 12.1. The summed E-state index contributed by atoms with van der Waals surface area (Å²) in [5.74, 6) is -0.109. The number of rotatable bonds is 1. The van der Waals surface area contributed by atoms with Gasteiger partial charge in [-0.05, 0) is 47.2 Å². The molecule has 16 heavy (non-hydrogen) atoms. The van der Waals surface area contributed by atoms with Crippen LogP contribution in [-0.2, 0) is 0 Å². The fourth-order valence-electron chi connectivity index (χ4n) is 1.75. The molecule has 1 aromatic rings. The highest BCUT2D eigenvalue weighted by Gasteiger charge is 2.26. The first-order valence-electron chi connectivity index (χ1n) is 5.00. The summed E-state index contributed by atoms with van der Waals surface area (Å²) in [6.07, 6.45) is 0.817. The molecule has 0 saturated carbocycles. The number of halogens is 2.